The molecule has 0 saturated carbocycles. The molecule has 0 unspecified atom stereocenters. The molecule has 3 aromatic heterocycles. The summed E-state index contributed by atoms with van der Waals surface area (Å²) in [6, 6.07) is 13.6. The molecule has 4 aromatic rings. The number of hydrogen-bond acceptors (Lipinski definition) is 3. The number of hydrogen-bond donors (Lipinski definition) is 0. The van der Waals surface area contributed by atoms with Gasteiger partial charge in [0.1, 0.15) is 11.3 Å². The van der Waals surface area contributed by atoms with Gasteiger partial charge in [-0.2, -0.15) is 4.99 Å². The number of fused-ring (bicyclic) bond motifs is 2. The molecule has 0 atom stereocenters. The quantitative estimate of drug-likeness (QED) is 0.543. The van der Waals surface area contributed by atoms with E-state index >= 15 is 0 Å². The van der Waals surface area contributed by atoms with Gasteiger partial charge in [0.05, 0.1) is 10.2 Å². The van der Waals surface area contributed by atoms with Crippen molar-refractivity contribution in [3.63, 3.8) is 0 Å². The zero-order valence-electron chi connectivity index (χ0n) is 11.8. The highest BCUT2D eigenvalue weighted by molar-refractivity contribution is 7.16. The number of benzene rings is 1. The smallest absolute Gasteiger partial charge is 0.299 e. The number of carbonyl (C=O) groups excluding carboxylic acids is 1. The standard InChI is InChI=1S/C16H12N4OS/c1-19-12-6-2-3-7-13(12)22-16(19)18-15(21)11-10-20-9-5-4-8-14(20)17-11/h2-10H,1H3. The molecule has 0 aliphatic carbocycles. The number of carbonyl (C=O) groups is 1. The van der Waals surface area contributed by atoms with Crippen LogP contribution in [0.2, 0.25) is 0 Å². The fourth-order valence-corrected chi connectivity index (χ4v) is 3.39. The number of nitrogens with zero attached hydrogens (tertiary/aromatic N) is 4. The Bertz CT molecular complexity index is 1040. The molecule has 0 aliphatic heterocycles. The first-order valence-electron chi connectivity index (χ1n) is 6.80. The normalized spacial score (nSPS) is 12.3. The summed E-state index contributed by atoms with van der Waals surface area (Å²) in [6.45, 7) is 0. The molecular weight excluding hydrogens is 296 g/mol. The maximum atomic E-state index is 12.4. The van der Waals surface area contributed by atoms with E-state index < -0.39 is 0 Å². The monoisotopic (exact) mass is 308 g/mol. The fraction of sp³-hybridized carbons (Fsp3) is 0.0625. The third kappa shape index (κ3) is 2.05. The average Bonchev–Trinajstić information content (AvgIpc) is 3.10. The van der Waals surface area contributed by atoms with Crippen LogP contribution in [0.15, 0.2) is 59.9 Å². The van der Waals surface area contributed by atoms with Crippen molar-refractivity contribution in [3.05, 3.63) is 65.4 Å². The Kier molecular flexibility index (Phi) is 2.90. The van der Waals surface area contributed by atoms with Crippen molar-refractivity contribution in [2.75, 3.05) is 0 Å². The lowest BCUT2D eigenvalue weighted by Crippen LogP contribution is -2.13. The van der Waals surface area contributed by atoms with Crippen LogP contribution in [0.3, 0.4) is 0 Å². The molecule has 108 valence electrons. The van der Waals surface area contributed by atoms with Crippen LogP contribution in [0.25, 0.3) is 15.9 Å². The summed E-state index contributed by atoms with van der Waals surface area (Å²) in [5, 5.41) is 0. The third-order valence-corrected chi connectivity index (χ3v) is 4.61. The lowest BCUT2D eigenvalue weighted by Gasteiger charge is -1.93. The first-order chi connectivity index (χ1) is 10.7. The Balaban J connectivity index is 1.83. The van der Waals surface area contributed by atoms with Gasteiger partial charge < -0.3 is 8.97 Å². The Labute approximate surface area is 129 Å². The van der Waals surface area contributed by atoms with Gasteiger partial charge in [0.25, 0.3) is 5.91 Å². The summed E-state index contributed by atoms with van der Waals surface area (Å²) < 4.78 is 4.84. The highest BCUT2D eigenvalue weighted by Gasteiger charge is 2.10. The molecule has 1 amide bonds. The molecule has 0 fully saturated rings. The van der Waals surface area contributed by atoms with Crippen LogP contribution < -0.4 is 4.80 Å². The van der Waals surface area contributed by atoms with E-state index in [9.17, 15) is 4.79 Å². The van der Waals surface area contributed by atoms with Crippen LogP contribution in [0.4, 0.5) is 0 Å². The highest BCUT2D eigenvalue weighted by atomic mass is 32.1. The SMILES string of the molecule is Cn1c(=NC(=O)c2cn3ccccc3n2)sc2ccccc21. The van der Waals surface area contributed by atoms with Crippen LogP contribution in [-0.4, -0.2) is 19.9 Å². The number of pyridine rings is 1. The largest absolute Gasteiger partial charge is 0.319 e. The van der Waals surface area contributed by atoms with Gasteiger partial charge in [0.15, 0.2) is 4.80 Å². The van der Waals surface area contributed by atoms with Gasteiger partial charge in [0.2, 0.25) is 0 Å². The summed E-state index contributed by atoms with van der Waals surface area (Å²) in [5.74, 6) is -0.328. The number of thiazole rings is 1. The molecular formula is C16H12N4OS. The van der Waals surface area contributed by atoms with E-state index in [2.05, 4.69) is 9.98 Å². The number of imidazole rings is 1. The zero-order valence-corrected chi connectivity index (χ0v) is 12.6. The Morgan fingerprint density at radius 3 is 2.82 bits per heavy atom. The van der Waals surface area contributed by atoms with Gasteiger partial charge in [-0.05, 0) is 24.3 Å². The molecule has 0 spiro atoms. The van der Waals surface area contributed by atoms with E-state index in [0.29, 0.717) is 10.5 Å². The zero-order chi connectivity index (χ0) is 15.1. The number of aryl methyl sites for hydroxylation is 1. The maximum absolute atomic E-state index is 12.4. The molecule has 1 aromatic carbocycles. The summed E-state index contributed by atoms with van der Waals surface area (Å²) in [6.07, 6.45) is 3.56. The predicted octanol–water partition coefficient (Wildman–Crippen LogP) is 2.63. The number of aromatic nitrogens is 3. The maximum Gasteiger partial charge on any atom is 0.299 e. The fourth-order valence-electron chi connectivity index (χ4n) is 2.37. The third-order valence-electron chi connectivity index (χ3n) is 3.50. The Morgan fingerprint density at radius 1 is 1.18 bits per heavy atom. The van der Waals surface area contributed by atoms with E-state index in [1.165, 1.54) is 11.3 Å². The van der Waals surface area contributed by atoms with Crippen LogP contribution in [-0.2, 0) is 7.05 Å². The molecule has 0 bridgehead atoms. The van der Waals surface area contributed by atoms with Crippen molar-refractivity contribution in [3.8, 4) is 0 Å². The summed E-state index contributed by atoms with van der Waals surface area (Å²) in [4.78, 5) is 21.6. The second-order valence-corrected chi connectivity index (χ2v) is 5.93. The van der Waals surface area contributed by atoms with Gasteiger partial charge in [-0.3, -0.25) is 4.79 Å². The molecule has 0 aliphatic rings. The van der Waals surface area contributed by atoms with E-state index in [-0.39, 0.29) is 5.91 Å². The van der Waals surface area contributed by atoms with Crippen molar-refractivity contribution >= 4 is 33.1 Å². The first-order valence-corrected chi connectivity index (χ1v) is 7.61. The average molecular weight is 308 g/mol. The van der Waals surface area contributed by atoms with Gasteiger partial charge >= 0.3 is 0 Å². The van der Waals surface area contributed by atoms with Gasteiger partial charge in [-0.15, -0.1) is 0 Å². The number of rotatable bonds is 1. The minimum Gasteiger partial charge on any atom is -0.319 e. The predicted molar refractivity (Wildman–Crippen MR) is 85.9 cm³/mol. The second-order valence-electron chi connectivity index (χ2n) is 4.92. The van der Waals surface area contributed by atoms with Gasteiger partial charge in [0, 0.05) is 19.4 Å². The number of amides is 1. The minimum absolute atomic E-state index is 0.328. The second kappa shape index (κ2) is 4.92. The van der Waals surface area contributed by atoms with E-state index in [1.807, 2.05) is 64.7 Å². The van der Waals surface area contributed by atoms with Crippen LogP contribution in [0.5, 0.6) is 0 Å². The molecule has 4 rings (SSSR count). The Hall–Kier alpha value is -2.73. The van der Waals surface area contributed by atoms with Crippen LogP contribution >= 0.6 is 11.3 Å². The molecule has 3 heterocycles. The topological polar surface area (TPSA) is 51.7 Å². The molecule has 5 nitrogen and oxygen atoms in total. The van der Waals surface area contributed by atoms with Crippen molar-refractivity contribution in [1.29, 1.82) is 0 Å². The Morgan fingerprint density at radius 2 is 2.00 bits per heavy atom. The van der Waals surface area contributed by atoms with Gasteiger partial charge in [-0.1, -0.05) is 29.5 Å². The van der Waals surface area contributed by atoms with Crippen LogP contribution in [0, 0.1) is 0 Å². The first kappa shape index (κ1) is 13.0. The highest BCUT2D eigenvalue weighted by Crippen LogP contribution is 2.15. The minimum atomic E-state index is -0.328. The van der Waals surface area contributed by atoms with Crippen molar-refractivity contribution in [1.82, 2.24) is 14.0 Å². The molecule has 22 heavy (non-hydrogen) atoms. The van der Waals surface area contributed by atoms with Gasteiger partial charge in [-0.25, -0.2) is 4.98 Å². The number of para-hydroxylation sites is 1. The molecule has 0 radical (unpaired) electrons. The van der Waals surface area contributed by atoms with Crippen molar-refractivity contribution in [2.24, 2.45) is 12.0 Å². The van der Waals surface area contributed by atoms with Crippen LogP contribution in [0.1, 0.15) is 10.5 Å². The lowest BCUT2D eigenvalue weighted by molar-refractivity contribution is 0.0994. The summed E-state index contributed by atoms with van der Waals surface area (Å²) in [5.41, 5.74) is 2.15. The van der Waals surface area contributed by atoms with E-state index in [0.717, 1.165) is 15.9 Å². The summed E-state index contributed by atoms with van der Waals surface area (Å²) in [7, 11) is 1.91. The van der Waals surface area contributed by atoms with E-state index in [4.69, 9.17) is 0 Å². The molecule has 0 saturated heterocycles. The van der Waals surface area contributed by atoms with Crippen molar-refractivity contribution < 1.29 is 4.79 Å². The van der Waals surface area contributed by atoms with E-state index in [1.54, 1.807) is 6.20 Å². The summed E-state index contributed by atoms with van der Waals surface area (Å²) >= 11 is 1.49. The molecule has 6 heteroatoms. The molecule has 0 N–H and O–H groups in total. The van der Waals surface area contributed by atoms with Crippen molar-refractivity contribution in [2.45, 2.75) is 0 Å². The lowest BCUT2D eigenvalue weighted by atomic mass is 10.3.